The number of aromatic nitrogens is 4. The van der Waals surface area contributed by atoms with Crippen LogP contribution in [0.2, 0.25) is 0 Å². The van der Waals surface area contributed by atoms with Crippen molar-refractivity contribution < 1.29 is 13.2 Å². The van der Waals surface area contributed by atoms with Crippen molar-refractivity contribution in [3.63, 3.8) is 0 Å². The molecule has 9 nitrogen and oxygen atoms in total. The fourth-order valence-electron chi connectivity index (χ4n) is 2.62. The van der Waals surface area contributed by atoms with E-state index in [2.05, 4.69) is 30.3 Å². The molecule has 144 valence electrons. The van der Waals surface area contributed by atoms with Crippen molar-refractivity contribution in [3.05, 3.63) is 66.7 Å². The molecule has 2 N–H and O–H groups in total. The van der Waals surface area contributed by atoms with Crippen LogP contribution in [0.3, 0.4) is 0 Å². The van der Waals surface area contributed by atoms with Crippen LogP contribution in [-0.4, -0.2) is 28.0 Å². The van der Waals surface area contributed by atoms with Gasteiger partial charge in [0.1, 0.15) is 28.6 Å². The second-order valence-corrected chi connectivity index (χ2v) is 8.11. The van der Waals surface area contributed by atoms with Crippen molar-refractivity contribution in [2.24, 2.45) is 0 Å². The number of hydrogen-bond donors (Lipinski definition) is 2. The molecule has 0 unspecified atom stereocenters. The van der Waals surface area contributed by atoms with E-state index < -0.39 is 10.0 Å². The molecule has 11 heteroatoms. The Morgan fingerprint density at radius 1 is 1.17 bits per heavy atom. The SMILES string of the molecule is N#Cc1c(-c2cn[nH]c2)ccc(S(=O)(=O)Nc2ncns2)c1Oc1ccccc1. The average molecular weight is 424 g/mol. The van der Waals surface area contributed by atoms with Gasteiger partial charge in [-0.2, -0.15) is 14.7 Å². The first kappa shape index (κ1) is 18.6. The fraction of sp³-hybridized carbons (Fsp3) is 0. The molecular formula is C18H12N6O3S2. The number of para-hydroxylation sites is 1. The van der Waals surface area contributed by atoms with E-state index >= 15 is 0 Å². The van der Waals surface area contributed by atoms with Crippen LogP contribution in [-0.2, 0) is 10.0 Å². The predicted molar refractivity (Wildman–Crippen MR) is 106 cm³/mol. The molecule has 0 bridgehead atoms. The van der Waals surface area contributed by atoms with Crippen LogP contribution in [0.1, 0.15) is 5.56 Å². The first-order valence-corrected chi connectivity index (χ1v) is 10.4. The molecule has 4 aromatic rings. The molecule has 0 saturated heterocycles. The summed E-state index contributed by atoms with van der Waals surface area (Å²) in [6.45, 7) is 0. The topological polar surface area (TPSA) is 134 Å². The van der Waals surface area contributed by atoms with Gasteiger partial charge in [0, 0.05) is 28.9 Å². The Labute approximate surface area is 169 Å². The molecular weight excluding hydrogens is 412 g/mol. The minimum Gasteiger partial charge on any atom is -0.455 e. The van der Waals surface area contributed by atoms with Gasteiger partial charge in [-0.3, -0.25) is 9.82 Å². The van der Waals surface area contributed by atoms with Gasteiger partial charge in [-0.05, 0) is 18.2 Å². The van der Waals surface area contributed by atoms with Crippen molar-refractivity contribution in [1.29, 1.82) is 5.26 Å². The Bertz CT molecular complexity index is 1270. The lowest BCUT2D eigenvalue weighted by atomic mass is 10.0. The highest BCUT2D eigenvalue weighted by molar-refractivity contribution is 7.93. The maximum Gasteiger partial charge on any atom is 0.267 e. The lowest BCUT2D eigenvalue weighted by Crippen LogP contribution is -2.14. The summed E-state index contributed by atoms with van der Waals surface area (Å²) < 4.78 is 38.0. The number of hydrogen-bond acceptors (Lipinski definition) is 8. The molecule has 0 aliphatic rings. The van der Waals surface area contributed by atoms with Gasteiger partial charge < -0.3 is 4.74 Å². The normalized spacial score (nSPS) is 11.0. The number of nitrogens with one attached hydrogen (secondary N) is 2. The number of nitriles is 1. The fourth-order valence-corrected chi connectivity index (χ4v) is 4.41. The lowest BCUT2D eigenvalue weighted by Gasteiger charge is -2.15. The summed E-state index contributed by atoms with van der Waals surface area (Å²) in [5.41, 5.74) is 1.18. The van der Waals surface area contributed by atoms with Gasteiger partial charge in [-0.1, -0.05) is 24.3 Å². The number of benzene rings is 2. The molecule has 29 heavy (non-hydrogen) atoms. The zero-order valence-electron chi connectivity index (χ0n) is 14.6. The summed E-state index contributed by atoms with van der Waals surface area (Å²) in [5.74, 6) is 0.301. The van der Waals surface area contributed by atoms with Gasteiger partial charge in [0.05, 0.1) is 6.20 Å². The zero-order chi connectivity index (χ0) is 20.3. The van der Waals surface area contributed by atoms with Gasteiger partial charge in [0.25, 0.3) is 10.0 Å². The van der Waals surface area contributed by atoms with Crippen LogP contribution < -0.4 is 9.46 Å². The van der Waals surface area contributed by atoms with Gasteiger partial charge in [0.2, 0.25) is 5.13 Å². The third kappa shape index (κ3) is 3.79. The van der Waals surface area contributed by atoms with E-state index in [0.29, 0.717) is 16.9 Å². The highest BCUT2D eigenvalue weighted by atomic mass is 32.2. The number of H-pyrrole nitrogens is 1. The molecule has 0 saturated carbocycles. The van der Waals surface area contributed by atoms with E-state index in [-0.39, 0.29) is 21.3 Å². The number of sulfonamides is 1. The van der Waals surface area contributed by atoms with Crippen LogP contribution >= 0.6 is 11.5 Å². The molecule has 2 aromatic carbocycles. The molecule has 0 aliphatic carbocycles. The molecule has 0 aliphatic heterocycles. The standard InChI is InChI=1S/C18H12N6O3S2/c19-8-15-14(12-9-21-22-10-12)6-7-16(17(15)27-13-4-2-1-3-5-13)29(25,26)24-18-20-11-23-28-18/h1-7,9-11H,(H,21,22)(H,20,23,24). The Balaban J connectivity index is 1.89. The summed E-state index contributed by atoms with van der Waals surface area (Å²) in [6, 6.07) is 13.6. The molecule has 0 fully saturated rings. The first-order valence-electron chi connectivity index (χ1n) is 8.17. The van der Waals surface area contributed by atoms with Crippen LogP contribution in [0.25, 0.3) is 11.1 Å². The third-order valence-corrected chi connectivity index (χ3v) is 5.95. The smallest absolute Gasteiger partial charge is 0.267 e. The monoisotopic (exact) mass is 424 g/mol. The predicted octanol–water partition coefficient (Wildman–Crippen LogP) is 3.39. The van der Waals surface area contributed by atoms with Crippen molar-refractivity contribution in [3.8, 4) is 28.7 Å². The maximum absolute atomic E-state index is 13.0. The Morgan fingerprint density at radius 2 is 2.00 bits per heavy atom. The third-order valence-electron chi connectivity index (χ3n) is 3.88. The van der Waals surface area contributed by atoms with Gasteiger partial charge >= 0.3 is 0 Å². The summed E-state index contributed by atoms with van der Waals surface area (Å²) in [7, 11) is -4.09. The second-order valence-electron chi connectivity index (χ2n) is 5.68. The number of ether oxygens (including phenoxy) is 1. The highest BCUT2D eigenvalue weighted by Gasteiger charge is 2.26. The van der Waals surface area contributed by atoms with E-state index in [9.17, 15) is 13.7 Å². The number of rotatable bonds is 6. The van der Waals surface area contributed by atoms with Crippen molar-refractivity contribution in [2.45, 2.75) is 4.90 Å². The molecule has 4 rings (SSSR count). The largest absolute Gasteiger partial charge is 0.455 e. The van der Waals surface area contributed by atoms with Crippen molar-refractivity contribution >= 4 is 26.7 Å². The quantitative estimate of drug-likeness (QED) is 0.484. The summed E-state index contributed by atoms with van der Waals surface area (Å²) in [5, 5.41) is 16.5. The van der Waals surface area contributed by atoms with Gasteiger partial charge in [-0.15, -0.1) is 0 Å². The molecule has 2 heterocycles. The van der Waals surface area contributed by atoms with Crippen molar-refractivity contribution in [1.82, 2.24) is 19.6 Å². The molecule has 0 amide bonds. The van der Waals surface area contributed by atoms with Crippen LogP contribution in [0, 0.1) is 11.3 Å². The summed E-state index contributed by atoms with van der Waals surface area (Å²) in [6.07, 6.45) is 4.39. The number of nitrogens with zero attached hydrogens (tertiary/aromatic N) is 4. The van der Waals surface area contributed by atoms with E-state index in [1.54, 1.807) is 36.5 Å². The van der Waals surface area contributed by atoms with E-state index in [0.717, 1.165) is 11.5 Å². The number of anilines is 1. The van der Waals surface area contributed by atoms with Gasteiger partial charge in [0.15, 0.2) is 5.75 Å². The minimum atomic E-state index is -4.09. The highest BCUT2D eigenvalue weighted by Crippen LogP contribution is 2.38. The van der Waals surface area contributed by atoms with Gasteiger partial charge in [-0.25, -0.2) is 13.4 Å². The summed E-state index contributed by atoms with van der Waals surface area (Å²) >= 11 is 0.896. The van der Waals surface area contributed by atoms with Crippen LogP contribution in [0.15, 0.2) is 66.1 Å². The second kappa shape index (κ2) is 7.70. The van der Waals surface area contributed by atoms with Crippen LogP contribution in [0.5, 0.6) is 11.5 Å². The summed E-state index contributed by atoms with van der Waals surface area (Å²) in [4.78, 5) is 3.65. The average Bonchev–Trinajstić information content (AvgIpc) is 3.42. The number of aromatic amines is 1. The zero-order valence-corrected chi connectivity index (χ0v) is 16.2. The minimum absolute atomic E-state index is 0.0652. The molecule has 0 radical (unpaired) electrons. The molecule has 0 atom stereocenters. The molecule has 0 spiro atoms. The van der Waals surface area contributed by atoms with Crippen molar-refractivity contribution in [2.75, 3.05) is 4.72 Å². The Morgan fingerprint density at radius 3 is 2.66 bits per heavy atom. The maximum atomic E-state index is 13.0. The van der Waals surface area contributed by atoms with E-state index in [4.69, 9.17) is 4.74 Å². The molecule has 2 aromatic heterocycles. The first-order chi connectivity index (χ1) is 14.1. The van der Waals surface area contributed by atoms with E-state index in [1.165, 1.54) is 24.7 Å². The lowest BCUT2D eigenvalue weighted by molar-refractivity contribution is 0.466. The van der Waals surface area contributed by atoms with Crippen LogP contribution in [0.4, 0.5) is 5.13 Å². The Kier molecular flexibility index (Phi) is 4.94. The van der Waals surface area contributed by atoms with E-state index in [1.807, 2.05) is 0 Å². The Hall–Kier alpha value is -3.75.